The van der Waals surface area contributed by atoms with Crippen molar-refractivity contribution in [3.8, 4) is 0 Å². The zero-order chi connectivity index (χ0) is 7.40. The third-order valence-electron chi connectivity index (χ3n) is 1.16. The Bertz CT molecular complexity index is 202. The Balaban J connectivity index is 0.000001000. The van der Waals surface area contributed by atoms with Crippen LogP contribution in [0, 0.1) is 6.92 Å². The van der Waals surface area contributed by atoms with Crippen LogP contribution in [0.4, 0.5) is 0 Å². The van der Waals surface area contributed by atoms with E-state index in [1.54, 1.807) is 0 Å². The molecule has 1 aromatic carbocycles. The van der Waals surface area contributed by atoms with E-state index in [1.165, 1.54) is 17.5 Å². The first-order valence-corrected chi connectivity index (χ1v) is 3.99. The quantitative estimate of drug-likeness (QED) is 0.496. The summed E-state index contributed by atoms with van der Waals surface area (Å²) in [6, 6.07) is 8.05. The summed E-state index contributed by atoms with van der Waals surface area (Å²) < 4.78 is 3.42. The van der Waals surface area contributed by atoms with Gasteiger partial charge in [0.15, 0.2) is 0 Å². The molecule has 1 rings (SSSR count). The summed E-state index contributed by atoms with van der Waals surface area (Å²) in [6.07, 6.45) is 0. The molecule has 1 aromatic rings. The Morgan fingerprint density at radius 3 is 2.27 bits per heavy atom. The second kappa shape index (κ2) is 6.35. The van der Waals surface area contributed by atoms with E-state index in [0.717, 1.165) is 4.90 Å². The largest absolute Gasteiger partial charge is 1.00 e. The van der Waals surface area contributed by atoms with Crippen molar-refractivity contribution in [2.24, 2.45) is 0 Å². The molecule has 0 spiro atoms. The van der Waals surface area contributed by atoms with Gasteiger partial charge in [0.2, 0.25) is 0 Å². The summed E-state index contributed by atoms with van der Waals surface area (Å²) >= 11 is 6.44. The molecular weight excluding hydrogens is 189 g/mol. The fourth-order valence-electron chi connectivity index (χ4n) is 0.639. The van der Waals surface area contributed by atoms with Crippen molar-refractivity contribution >= 4 is 23.7 Å². The van der Waals surface area contributed by atoms with E-state index in [0.29, 0.717) is 0 Å². The zero-order valence-corrected chi connectivity index (χ0v) is 10.1. The minimum atomic E-state index is 0. The van der Waals surface area contributed by atoms with E-state index in [4.69, 9.17) is 11.8 Å². The molecule has 0 aliphatic heterocycles. The summed E-state index contributed by atoms with van der Waals surface area (Å²) in [6.45, 7) is 2.05. The number of nitrogens with zero attached hydrogens (tertiary/aromatic N) is 1. The number of benzene rings is 1. The average molecular weight is 196 g/mol. The maximum Gasteiger partial charge on any atom is 1.00 e. The van der Waals surface area contributed by atoms with Crippen LogP contribution in [0.15, 0.2) is 29.2 Å². The minimum absolute atomic E-state index is 0. The molecule has 0 saturated heterocycles. The van der Waals surface area contributed by atoms with Crippen LogP contribution in [-0.2, 0) is 0 Å². The molecule has 54 valence electrons. The van der Waals surface area contributed by atoms with Crippen LogP contribution in [0.5, 0.6) is 0 Å². The smallest absolute Gasteiger partial charge is 0.515 e. The summed E-state index contributed by atoms with van der Waals surface area (Å²) in [4.78, 5) is 1.07. The first-order chi connectivity index (χ1) is 4.83. The Kier molecular flexibility index (Phi) is 6.82. The Morgan fingerprint density at radius 2 is 1.82 bits per heavy atom. The molecule has 0 aromatic heterocycles. The molecule has 0 fully saturated rings. The maximum atomic E-state index is 5.16. The van der Waals surface area contributed by atoms with Gasteiger partial charge in [0, 0.05) is 0 Å². The van der Waals surface area contributed by atoms with Crippen LogP contribution in [0.25, 0.3) is 4.24 Å². The molecule has 0 bridgehead atoms. The minimum Gasteiger partial charge on any atom is -0.515 e. The van der Waals surface area contributed by atoms with E-state index < -0.39 is 0 Å². The first kappa shape index (κ1) is 11.8. The molecule has 4 heteroatoms. The van der Waals surface area contributed by atoms with Crippen molar-refractivity contribution in [1.29, 1.82) is 0 Å². The van der Waals surface area contributed by atoms with E-state index in [9.17, 15) is 0 Å². The fraction of sp³-hybridized carbons (Fsp3) is 0.143. The number of halogens is 1. The van der Waals surface area contributed by atoms with Gasteiger partial charge in [0.25, 0.3) is 0 Å². The van der Waals surface area contributed by atoms with Crippen LogP contribution in [0.2, 0.25) is 0 Å². The van der Waals surface area contributed by atoms with E-state index >= 15 is 0 Å². The summed E-state index contributed by atoms with van der Waals surface area (Å²) in [7, 11) is 0. The van der Waals surface area contributed by atoms with Crippen molar-refractivity contribution < 1.29 is 29.6 Å². The third-order valence-corrected chi connectivity index (χ3v) is 1.92. The standard InChI is InChI=1S/C7H7ClNS.Na/c1-6-2-4-7(5-3-6)10-9-8;/h2-5H,1H3;/q-1;+1. The van der Waals surface area contributed by atoms with Gasteiger partial charge in [-0.2, -0.15) is 0 Å². The van der Waals surface area contributed by atoms with Gasteiger partial charge in [-0.05, 0) is 24.0 Å². The maximum absolute atomic E-state index is 5.16. The number of aryl methyl sites for hydroxylation is 1. The van der Waals surface area contributed by atoms with Gasteiger partial charge in [-0.1, -0.05) is 17.7 Å². The first-order valence-electron chi connectivity index (χ1n) is 2.88. The Morgan fingerprint density at radius 1 is 1.27 bits per heavy atom. The van der Waals surface area contributed by atoms with Crippen molar-refractivity contribution in [2.75, 3.05) is 0 Å². The van der Waals surface area contributed by atoms with Crippen LogP contribution in [-0.4, -0.2) is 0 Å². The van der Waals surface area contributed by atoms with Crippen molar-refractivity contribution in [2.45, 2.75) is 11.8 Å². The second-order valence-corrected chi connectivity index (χ2v) is 3.18. The molecule has 0 heterocycles. The Labute approximate surface area is 98.4 Å². The van der Waals surface area contributed by atoms with Crippen LogP contribution in [0.3, 0.4) is 0 Å². The van der Waals surface area contributed by atoms with Crippen LogP contribution >= 0.6 is 23.7 Å². The second-order valence-electron chi connectivity index (χ2n) is 1.97. The van der Waals surface area contributed by atoms with E-state index in [2.05, 4.69) is 4.24 Å². The molecule has 0 amide bonds. The summed E-state index contributed by atoms with van der Waals surface area (Å²) in [5.41, 5.74) is 1.25. The molecule has 0 unspecified atom stereocenters. The number of rotatable bonds is 2. The molecule has 0 radical (unpaired) electrons. The van der Waals surface area contributed by atoms with Gasteiger partial charge in [-0.25, -0.2) is 11.9 Å². The predicted octanol–water partition coefficient (Wildman–Crippen LogP) is 0.534. The van der Waals surface area contributed by atoms with Crippen LogP contribution in [0.1, 0.15) is 5.56 Å². The molecule has 0 aliphatic rings. The molecule has 1 nitrogen and oxygen atoms in total. The van der Waals surface area contributed by atoms with Gasteiger partial charge >= 0.3 is 29.6 Å². The molecule has 0 aliphatic carbocycles. The van der Waals surface area contributed by atoms with Gasteiger partial charge in [0.05, 0.1) is 0 Å². The van der Waals surface area contributed by atoms with Gasteiger partial charge in [0.1, 0.15) is 0 Å². The van der Waals surface area contributed by atoms with Gasteiger partial charge < -0.3 is 4.24 Å². The van der Waals surface area contributed by atoms with E-state index in [-0.39, 0.29) is 29.6 Å². The SMILES string of the molecule is Cc1ccc(S[N-]Cl)cc1.[Na+]. The monoisotopic (exact) mass is 195 g/mol. The summed E-state index contributed by atoms with van der Waals surface area (Å²) in [5.74, 6) is 0. The van der Waals surface area contributed by atoms with Crippen LogP contribution < -0.4 is 29.6 Å². The predicted molar refractivity (Wildman–Crippen MR) is 46.2 cm³/mol. The van der Waals surface area contributed by atoms with E-state index in [1.807, 2.05) is 31.2 Å². The van der Waals surface area contributed by atoms with Gasteiger partial charge in [-0.15, -0.1) is 0 Å². The number of hydrogen-bond donors (Lipinski definition) is 0. The molecular formula is C7H7ClNNaS. The average Bonchev–Trinajstić information content (AvgIpc) is 1.95. The molecule has 0 N–H and O–H groups in total. The summed E-state index contributed by atoms with van der Waals surface area (Å²) in [5, 5.41) is 0. The topological polar surface area (TPSA) is 14.1 Å². The Hall–Kier alpha value is 0.820. The fourth-order valence-corrected chi connectivity index (χ4v) is 1.22. The molecule has 0 atom stereocenters. The van der Waals surface area contributed by atoms with Crippen molar-refractivity contribution in [3.05, 3.63) is 34.1 Å². The van der Waals surface area contributed by atoms with Gasteiger partial charge in [-0.3, -0.25) is 11.8 Å². The third kappa shape index (κ3) is 4.41. The molecule has 0 saturated carbocycles. The van der Waals surface area contributed by atoms with Crippen molar-refractivity contribution in [3.63, 3.8) is 0 Å². The normalized spacial score (nSPS) is 8.91. The number of hydrogen-bond acceptors (Lipinski definition) is 1. The zero-order valence-electron chi connectivity index (χ0n) is 6.54. The molecule has 11 heavy (non-hydrogen) atoms. The van der Waals surface area contributed by atoms with Crippen molar-refractivity contribution in [1.82, 2.24) is 0 Å².